The van der Waals surface area contributed by atoms with Crippen LogP contribution in [0.3, 0.4) is 0 Å². The lowest BCUT2D eigenvalue weighted by Crippen LogP contribution is -2.30. The molecule has 9 heteroatoms. The molecular formula is C21H23F2N3O3S. The molecule has 0 saturated carbocycles. The van der Waals surface area contributed by atoms with Crippen molar-refractivity contribution in [3.05, 3.63) is 66.3 Å². The van der Waals surface area contributed by atoms with Gasteiger partial charge in [0.05, 0.1) is 11.4 Å². The maximum Gasteiger partial charge on any atom is 0.255 e. The molecule has 0 unspecified atom stereocenters. The average Bonchev–Trinajstić information content (AvgIpc) is 2.73. The molecule has 6 nitrogen and oxygen atoms in total. The minimum Gasteiger partial charge on any atom is -0.370 e. The smallest absolute Gasteiger partial charge is 0.255 e. The van der Waals surface area contributed by atoms with E-state index in [4.69, 9.17) is 0 Å². The fourth-order valence-corrected chi connectivity index (χ4v) is 4.41. The number of carbonyl (C=O) groups excluding carboxylic acids is 1. The molecule has 30 heavy (non-hydrogen) atoms. The van der Waals surface area contributed by atoms with Gasteiger partial charge >= 0.3 is 0 Å². The molecule has 1 saturated heterocycles. The van der Waals surface area contributed by atoms with E-state index in [1.807, 2.05) is 0 Å². The van der Waals surface area contributed by atoms with Gasteiger partial charge in [0.2, 0.25) is 10.0 Å². The molecule has 0 radical (unpaired) electrons. The Morgan fingerprint density at radius 1 is 1.10 bits per heavy atom. The topological polar surface area (TPSA) is 78.5 Å². The van der Waals surface area contributed by atoms with Gasteiger partial charge in [0.15, 0.2) is 0 Å². The molecule has 2 aromatic carbocycles. The number of piperidine rings is 1. The number of anilines is 2. The number of rotatable bonds is 7. The van der Waals surface area contributed by atoms with E-state index in [-0.39, 0.29) is 17.8 Å². The third-order valence-electron chi connectivity index (χ3n) is 4.80. The summed E-state index contributed by atoms with van der Waals surface area (Å²) in [6.45, 7) is 4.91. The second-order valence-corrected chi connectivity index (χ2v) is 8.68. The second-order valence-electron chi connectivity index (χ2n) is 6.95. The highest BCUT2D eigenvalue weighted by Crippen LogP contribution is 2.30. The van der Waals surface area contributed by atoms with Crippen LogP contribution in [-0.4, -0.2) is 34.0 Å². The van der Waals surface area contributed by atoms with Crippen molar-refractivity contribution in [1.29, 1.82) is 0 Å². The number of halogens is 2. The Balaban J connectivity index is 1.89. The number of hydrogen-bond acceptors (Lipinski definition) is 4. The van der Waals surface area contributed by atoms with E-state index in [0.29, 0.717) is 5.69 Å². The van der Waals surface area contributed by atoms with Crippen LogP contribution in [0.4, 0.5) is 20.2 Å². The number of amides is 1. The zero-order valence-corrected chi connectivity index (χ0v) is 17.1. The van der Waals surface area contributed by atoms with E-state index in [0.717, 1.165) is 44.5 Å². The number of hydrogen-bond donors (Lipinski definition) is 2. The fourth-order valence-electron chi connectivity index (χ4n) is 3.31. The van der Waals surface area contributed by atoms with E-state index in [2.05, 4.69) is 21.5 Å². The Bertz CT molecular complexity index is 1050. The SMILES string of the molecule is C=CCNS(=O)(=O)c1cc(C(=O)Nc2cc(F)ccc2N2CCCCC2)ccc1F. The average molecular weight is 435 g/mol. The lowest BCUT2D eigenvalue weighted by atomic mass is 10.1. The molecule has 1 aliphatic rings. The molecule has 160 valence electrons. The predicted octanol–water partition coefficient (Wildman–Crippen LogP) is 3.67. The Morgan fingerprint density at radius 2 is 1.83 bits per heavy atom. The van der Waals surface area contributed by atoms with Crippen LogP contribution in [0, 0.1) is 11.6 Å². The standard InChI is InChI=1S/C21H23F2N3O3S/c1-2-10-24-30(28,29)20-13-15(6-8-17(20)23)21(27)25-18-14-16(22)7-9-19(18)26-11-4-3-5-12-26/h2,6-9,13-14,24H,1,3-5,10-12H2,(H,25,27). The molecule has 0 atom stereocenters. The third kappa shape index (κ3) is 5.03. The van der Waals surface area contributed by atoms with Crippen molar-refractivity contribution in [2.45, 2.75) is 24.2 Å². The van der Waals surface area contributed by atoms with Crippen molar-refractivity contribution in [2.75, 3.05) is 29.9 Å². The Labute approximate surface area is 174 Å². The summed E-state index contributed by atoms with van der Waals surface area (Å²) in [7, 11) is -4.16. The Kier molecular flexibility index (Phi) is 6.84. The number of nitrogens with zero attached hydrogens (tertiary/aromatic N) is 1. The van der Waals surface area contributed by atoms with Crippen molar-refractivity contribution in [2.24, 2.45) is 0 Å². The van der Waals surface area contributed by atoms with Crippen LogP contribution < -0.4 is 14.9 Å². The fraction of sp³-hybridized carbons (Fsp3) is 0.286. The van der Waals surface area contributed by atoms with Gasteiger partial charge in [0.25, 0.3) is 5.91 Å². The Morgan fingerprint density at radius 3 is 2.53 bits per heavy atom. The van der Waals surface area contributed by atoms with E-state index >= 15 is 0 Å². The molecule has 2 N–H and O–H groups in total. The van der Waals surface area contributed by atoms with Gasteiger partial charge in [-0.3, -0.25) is 4.79 Å². The van der Waals surface area contributed by atoms with Crippen LogP contribution in [0.5, 0.6) is 0 Å². The summed E-state index contributed by atoms with van der Waals surface area (Å²) in [4.78, 5) is 14.2. The largest absolute Gasteiger partial charge is 0.370 e. The summed E-state index contributed by atoms with van der Waals surface area (Å²) in [5, 5.41) is 2.63. The first-order chi connectivity index (χ1) is 14.3. The van der Waals surface area contributed by atoms with Gasteiger partial charge in [-0.1, -0.05) is 6.08 Å². The first-order valence-electron chi connectivity index (χ1n) is 9.58. The normalized spacial score (nSPS) is 14.4. The first-order valence-corrected chi connectivity index (χ1v) is 11.1. The van der Waals surface area contributed by atoms with Gasteiger partial charge in [-0.2, -0.15) is 0 Å². The minimum atomic E-state index is -4.16. The van der Waals surface area contributed by atoms with Crippen LogP contribution in [-0.2, 0) is 10.0 Å². The Hall–Kier alpha value is -2.78. The molecule has 2 aromatic rings. The summed E-state index contributed by atoms with van der Waals surface area (Å²) in [5.41, 5.74) is 0.900. The van der Waals surface area contributed by atoms with Crippen molar-refractivity contribution in [3.8, 4) is 0 Å². The van der Waals surface area contributed by atoms with Crippen LogP contribution >= 0.6 is 0 Å². The van der Waals surface area contributed by atoms with Crippen molar-refractivity contribution in [3.63, 3.8) is 0 Å². The molecule has 1 aliphatic heterocycles. The van der Waals surface area contributed by atoms with E-state index in [1.54, 1.807) is 6.07 Å². The van der Waals surface area contributed by atoms with Gasteiger partial charge in [-0.05, 0) is 55.7 Å². The number of carbonyl (C=O) groups is 1. The van der Waals surface area contributed by atoms with Crippen molar-refractivity contribution in [1.82, 2.24) is 4.72 Å². The number of sulfonamides is 1. The van der Waals surface area contributed by atoms with Gasteiger partial charge in [0, 0.05) is 25.2 Å². The maximum atomic E-state index is 14.1. The lowest BCUT2D eigenvalue weighted by Gasteiger charge is -2.30. The van der Waals surface area contributed by atoms with Crippen molar-refractivity contribution < 1.29 is 22.0 Å². The molecule has 0 spiro atoms. The number of benzene rings is 2. The van der Waals surface area contributed by atoms with Gasteiger partial charge in [-0.25, -0.2) is 21.9 Å². The van der Waals surface area contributed by atoms with E-state index in [9.17, 15) is 22.0 Å². The van der Waals surface area contributed by atoms with Crippen LogP contribution in [0.1, 0.15) is 29.6 Å². The second kappa shape index (κ2) is 9.36. The van der Waals surface area contributed by atoms with E-state index in [1.165, 1.54) is 24.3 Å². The highest BCUT2D eigenvalue weighted by molar-refractivity contribution is 7.89. The van der Waals surface area contributed by atoms with Crippen molar-refractivity contribution >= 4 is 27.3 Å². The molecule has 0 bridgehead atoms. The molecule has 1 amide bonds. The van der Waals surface area contributed by atoms with Gasteiger partial charge in [-0.15, -0.1) is 6.58 Å². The number of nitrogens with one attached hydrogen (secondary N) is 2. The third-order valence-corrected chi connectivity index (χ3v) is 6.24. The summed E-state index contributed by atoms with van der Waals surface area (Å²) in [5.74, 6) is -2.16. The zero-order valence-electron chi connectivity index (χ0n) is 16.3. The quantitative estimate of drug-likeness (QED) is 0.651. The van der Waals surface area contributed by atoms with Crippen LogP contribution in [0.2, 0.25) is 0 Å². The summed E-state index contributed by atoms with van der Waals surface area (Å²) in [6.07, 6.45) is 4.44. The highest BCUT2D eigenvalue weighted by atomic mass is 32.2. The van der Waals surface area contributed by atoms with E-state index < -0.39 is 32.5 Å². The summed E-state index contributed by atoms with van der Waals surface area (Å²) >= 11 is 0. The van der Waals surface area contributed by atoms with Gasteiger partial charge < -0.3 is 10.2 Å². The highest BCUT2D eigenvalue weighted by Gasteiger charge is 2.22. The predicted molar refractivity (Wildman–Crippen MR) is 112 cm³/mol. The monoisotopic (exact) mass is 435 g/mol. The lowest BCUT2D eigenvalue weighted by molar-refractivity contribution is 0.102. The molecular weight excluding hydrogens is 412 g/mol. The molecule has 0 aromatic heterocycles. The molecule has 1 heterocycles. The molecule has 0 aliphatic carbocycles. The molecule has 3 rings (SSSR count). The molecule has 1 fully saturated rings. The zero-order chi connectivity index (χ0) is 21.7. The maximum absolute atomic E-state index is 14.1. The summed E-state index contributed by atoms with van der Waals surface area (Å²) in [6, 6.07) is 7.19. The van der Waals surface area contributed by atoms with Crippen LogP contribution in [0.15, 0.2) is 53.9 Å². The van der Waals surface area contributed by atoms with Crippen LogP contribution in [0.25, 0.3) is 0 Å². The summed E-state index contributed by atoms with van der Waals surface area (Å²) < 4.78 is 54.6. The minimum absolute atomic E-state index is 0.0655. The van der Waals surface area contributed by atoms with Gasteiger partial charge in [0.1, 0.15) is 16.5 Å². The first kappa shape index (κ1) is 21.9.